The number of rotatable bonds is 6. The Hall–Kier alpha value is -3.95. The first kappa shape index (κ1) is 17.5. The first-order valence-electron chi connectivity index (χ1n) is 8.42. The molecule has 2 amide bonds. The number of aromatic nitrogens is 3. The van der Waals surface area contributed by atoms with Crippen LogP contribution in [0.5, 0.6) is 0 Å². The van der Waals surface area contributed by atoms with Gasteiger partial charge in [0.25, 0.3) is 17.5 Å². The lowest BCUT2D eigenvalue weighted by Gasteiger charge is -2.12. The molecule has 10 nitrogen and oxygen atoms in total. The fourth-order valence-corrected chi connectivity index (χ4v) is 2.96. The third-order valence-corrected chi connectivity index (χ3v) is 4.34. The van der Waals surface area contributed by atoms with Crippen LogP contribution in [-0.2, 0) is 6.42 Å². The smallest absolute Gasteiger partial charge is 0.270 e. The zero-order valence-electron chi connectivity index (χ0n) is 14.4. The Balaban J connectivity index is 1.41. The number of hydrogen-bond donors (Lipinski definition) is 0. The Kier molecular flexibility index (Phi) is 4.36. The molecule has 0 saturated heterocycles. The number of non-ortho nitro benzene ring substituents is 1. The Morgan fingerprint density at radius 2 is 1.82 bits per heavy atom. The van der Waals surface area contributed by atoms with Crippen LogP contribution in [0.4, 0.5) is 5.69 Å². The Morgan fingerprint density at radius 1 is 1.07 bits per heavy atom. The SMILES string of the molecule is O=C1c2ccc([N+](=O)[O-])cc2C(=O)N1CCCc1nc(-c2ccncc2)no1. The second-order valence-corrected chi connectivity index (χ2v) is 6.10. The minimum absolute atomic E-state index is 0.0527. The average molecular weight is 379 g/mol. The topological polar surface area (TPSA) is 132 Å². The predicted octanol–water partition coefficient (Wildman–Crippen LogP) is 2.27. The van der Waals surface area contributed by atoms with Gasteiger partial charge >= 0.3 is 0 Å². The van der Waals surface area contributed by atoms with Crippen LogP contribution in [0.3, 0.4) is 0 Å². The molecule has 140 valence electrons. The van der Waals surface area contributed by atoms with Crippen molar-refractivity contribution in [3.8, 4) is 11.4 Å². The van der Waals surface area contributed by atoms with E-state index in [-0.39, 0.29) is 23.4 Å². The zero-order valence-corrected chi connectivity index (χ0v) is 14.4. The molecule has 3 heterocycles. The Bertz CT molecular complexity index is 1080. The molecule has 28 heavy (non-hydrogen) atoms. The summed E-state index contributed by atoms with van der Waals surface area (Å²) in [5, 5.41) is 14.8. The molecular formula is C18H13N5O5. The number of hydrogen-bond acceptors (Lipinski definition) is 8. The molecule has 3 aromatic rings. The molecule has 0 spiro atoms. The highest BCUT2D eigenvalue weighted by Gasteiger charge is 2.36. The van der Waals surface area contributed by atoms with Crippen LogP contribution >= 0.6 is 0 Å². The number of benzene rings is 1. The van der Waals surface area contributed by atoms with Crippen molar-refractivity contribution in [2.75, 3.05) is 6.54 Å². The van der Waals surface area contributed by atoms with E-state index in [0.717, 1.165) is 16.5 Å². The molecule has 0 radical (unpaired) electrons. The van der Waals surface area contributed by atoms with Crippen LogP contribution < -0.4 is 0 Å². The van der Waals surface area contributed by atoms with Gasteiger partial charge in [0.05, 0.1) is 16.1 Å². The van der Waals surface area contributed by atoms with Crippen molar-refractivity contribution in [2.24, 2.45) is 0 Å². The van der Waals surface area contributed by atoms with Crippen molar-refractivity contribution in [1.82, 2.24) is 20.0 Å². The maximum atomic E-state index is 12.4. The normalized spacial score (nSPS) is 13.1. The molecule has 1 aromatic carbocycles. The third-order valence-electron chi connectivity index (χ3n) is 4.34. The van der Waals surface area contributed by atoms with E-state index in [9.17, 15) is 19.7 Å². The second kappa shape index (κ2) is 6.99. The van der Waals surface area contributed by atoms with Gasteiger partial charge in [0.15, 0.2) is 0 Å². The van der Waals surface area contributed by atoms with Gasteiger partial charge < -0.3 is 4.52 Å². The van der Waals surface area contributed by atoms with Gasteiger partial charge in [-0.25, -0.2) is 0 Å². The predicted molar refractivity (Wildman–Crippen MR) is 94.3 cm³/mol. The first-order valence-corrected chi connectivity index (χ1v) is 8.42. The number of nitrogens with zero attached hydrogens (tertiary/aromatic N) is 5. The van der Waals surface area contributed by atoms with Gasteiger partial charge in [0.2, 0.25) is 11.7 Å². The number of carbonyl (C=O) groups is 2. The third kappa shape index (κ3) is 3.11. The van der Waals surface area contributed by atoms with E-state index >= 15 is 0 Å². The van der Waals surface area contributed by atoms with Crippen molar-refractivity contribution < 1.29 is 19.0 Å². The highest BCUT2D eigenvalue weighted by molar-refractivity contribution is 6.21. The monoisotopic (exact) mass is 379 g/mol. The number of imide groups is 1. The summed E-state index contributed by atoms with van der Waals surface area (Å²) in [4.78, 5) is 44.4. The standard InChI is InChI=1S/C18H13N5O5/c24-17-13-4-3-12(23(26)27)10-14(13)18(25)22(17)9-1-2-15-20-16(21-28-15)11-5-7-19-8-6-11/h3-8,10H,1-2,9H2. The van der Waals surface area contributed by atoms with Crippen molar-refractivity contribution >= 4 is 17.5 Å². The number of fused-ring (bicyclic) bond motifs is 1. The van der Waals surface area contributed by atoms with E-state index in [4.69, 9.17) is 4.52 Å². The molecule has 0 saturated carbocycles. The van der Waals surface area contributed by atoms with Crippen molar-refractivity contribution in [3.63, 3.8) is 0 Å². The van der Waals surface area contributed by atoms with Gasteiger partial charge in [-0.05, 0) is 24.6 Å². The first-order chi connectivity index (χ1) is 13.5. The van der Waals surface area contributed by atoms with Crippen LogP contribution in [-0.4, -0.2) is 43.3 Å². The van der Waals surface area contributed by atoms with E-state index in [1.807, 2.05) is 0 Å². The van der Waals surface area contributed by atoms with Crippen molar-refractivity contribution in [3.05, 3.63) is 69.9 Å². The highest BCUT2D eigenvalue weighted by atomic mass is 16.6. The molecule has 1 aliphatic heterocycles. The summed E-state index contributed by atoms with van der Waals surface area (Å²) in [5.74, 6) is -0.172. The molecule has 1 aliphatic rings. The summed E-state index contributed by atoms with van der Waals surface area (Å²) in [5.41, 5.74) is 0.772. The number of carbonyl (C=O) groups excluding carboxylic acids is 2. The van der Waals surface area contributed by atoms with Gasteiger partial charge in [-0.15, -0.1) is 0 Å². The summed E-state index contributed by atoms with van der Waals surface area (Å²) in [6.07, 6.45) is 4.05. The molecular weight excluding hydrogens is 366 g/mol. The van der Waals surface area contributed by atoms with Crippen LogP contribution in [0.25, 0.3) is 11.4 Å². The van der Waals surface area contributed by atoms with Gasteiger partial charge in [-0.3, -0.25) is 29.6 Å². The lowest BCUT2D eigenvalue weighted by atomic mass is 10.1. The van der Waals surface area contributed by atoms with E-state index in [1.165, 1.54) is 12.1 Å². The van der Waals surface area contributed by atoms with Crippen molar-refractivity contribution in [1.29, 1.82) is 0 Å². The van der Waals surface area contributed by atoms with E-state index in [2.05, 4.69) is 15.1 Å². The van der Waals surface area contributed by atoms with Gasteiger partial charge in [0.1, 0.15) is 0 Å². The summed E-state index contributed by atoms with van der Waals surface area (Å²) in [6, 6.07) is 7.17. The Morgan fingerprint density at radius 3 is 2.57 bits per heavy atom. The number of aryl methyl sites for hydroxylation is 1. The summed E-state index contributed by atoms with van der Waals surface area (Å²) in [7, 11) is 0. The molecule has 2 aromatic heterocycles. The maximum absolute atomic E-state index is 12.4. The van der Waals surface area contributed by atoms with Gasteiger partial charge in [-0.1, -0.05) is 5.16 Å². The highest BCUT2D eigenvalue weighted by Crippen LogP contribution is 2.27. The summed E-state index contributed by atoms with van der Waals surface area (Å²) < 4.78 is 5.20. The average Bonchev–Trinajstić information content (AvgIpc) is 3.27. The lowest BCUT2D eigenvalue weighted by molar-refractivity contribution is -0.384. The fourth-order valence-electron chi connectivity index (χ4n) is 2.96. The second-order valence-electron chi connectivity index (χ2n) is 6.10. The molecule has 0 bridgehead atoms. The maximum Gasteiger partial charge on any atom is 0.270 e. The molecule has 0 aliphatic carbocycles. The fraction of sp³-hybridized carbons (Fsp3) is 0.167. The molecule has 4 rings (SSSR count). The van der Waals surface area contributed by atoms with E-state index < -0.39 is 16.7 Å². The van der Waals surface area contributed by atoms with Crippen LogP contribution in [0, 0.1) is 10.1 Å². The summed E-state index contributed by atoms with van der Waals surface area (Å²) >= 11 is 0. The zero-order chi connectivity index (χ0) is 19.7. The minimum Gasteiger partial charge on any atom is -0.339 e. The number of nitro groups is 1. The molecule has 0 N–H and O–H groups in total. The van der Waals surface area contributed by atoms with Crippen LogP contribution in [0.2, 0.25) is 0 Å². The number of amides is 2. The van der Waals surface area contributed by atoms with E-state index in [1.54, 1.807) is 24.5 Å². The lowest BCUT2D eigenvalue weighted by Crippen LogP contribution is -2.31. The molecule has 10 heteroatoms. The van der Waals surface area contributed by atoms with Crippen LogP contribution in [0.15, 0.2) is 47.2 Å². The van der Waals surface area contributed by atoms with E-state index in [0.29, 0.717) is 24.6 Å². The Labute approximate surface area is 158 Å². The molecule has 0 unspecified atom stereocenters. The largest absolute Gasteiger partial charge is 0.339 e. The van der Waals surface area contributed by atoms with Crippen molar-refractivity contribution in [2.45, 2.75) is 12.8 Å². The molecule has 0 fully saturated rings. The minimum atomic E-state index is -0.601. The number of pyridine rings is 1. The van der Waals surface area contributed by atoms with Crippen LogP contribution in [0.1, 0.15) is 33.0 Å². The molecule has 0 atom stereocenters. The van der Waals surface area contributed by atoms with Gasteiger partial charge in [-0.2, -0.15) is 4.98 Å². The van der Waals surface area contributed by atoms with Gasteiger partial charge in [0, 0.05) is 43.1 Å². The quantitative estimate of drug-likeness (QED) is 0.362. The summed E-state index contributed by atoms with van der Waals surface area (Å²) in [6.45, 7) is 0.146. The number of nitro benzene ring substituents is 1.